The zero-order chi connectivity index (χ0) is 12.1. The predicted octanol–water partition coefficient (Wildman–Crippen LogP) is 2.84. The average molecular weight is 230 g/mol. The fraction of sp³-hybridized carbons (Fsp3) is 0.231. The second-order valence-corrected chi connectivity index (χ2v) is 3.45. The van der Waals surface area contributed by atoms with Crippen LogP contribution in [0.3, 0.4) is 0 Å². The highest BCUT2D eigenvalue weighted by Crippen LogP contribution is 2.28. The van der Waals surface area contributed by atoms with Gasteiger partial charge < -0.3 is 9.47 Å². The van der Waals surface area contributed by atoms with E-state index in [-0.39, 0.29) is 0 Å². The van der Waals surface area contributed by atoms with Crippen molar-refractivity contribution in [3.63, 3.8) is 0 Å². The third-order valence-corrected chi connectivity index (χ3v) is 2.32. The van der Waals surface area contributed by atoms with Gasteiger partial charge in [-0.25, -0.2) is 4.98 Å². The monoisotopic (exact) mass is 230 g/mol. The molecule has 17 heavy (non-hydrogen) atoms. The highest BCUT2D eigenvalue weighted by atomic mass is 16.5. The molecule has 2 aromatic heterocycles. The first kappa shape index (κ1) is 11.4. The Morgan fingerprint density at radius 3 is 2.82 bits per heavy atom. The molecule has 4 heteroatoms. The van der Waals surface area contributed by atoms with E-state index in [0.29, 0.717) is 17.4 Å². The third kappa shape index (κ3) is 2.72. The maximum Gasteiger partial charge on any atom is 0.262 e. The molecule has 0 atom stereocenters. The minimum Gasteiger partial charge on any atom is -0.491 e. The van der Waals surface area contributed by atoms with E-state index < -0.39 is 0 Å². The molecule has 4 nitrogen and oxygen atoms in total. The Morgan fingerprint density at radius 1 is 1.18 bits per heavy atom. The first-order chi connectivity index (χ1) is 8.33. The lowest BCUT2D eigenvalue weighted by molar-refractivity contribution is 0.369. The summed E-state index contributed by atoms with van der Waals surface area (Å²) in [7, 11) is 1.59. The van der Waals surface area contributed by atoms with Gasteiger partial charge in [-0.05, 0) is 24.6 Å². The summed E-state index contributed by atoms with van der Waals surface area (Å²) in [6.45, 7) is 2.05. The molecule has 0 bridgehead atoms. The maximum atomic E-state index is 5.67. The van der Waals surface area contributed by atoms with Gasteiger partial charge in [-0.2, -0.15) is 0 Å². The van der Waals surface area contributed by atoms with Gasteiger partial charge in [0.15, 0.2) is 5.75 Å². The van der Waals surface area contributed by atoms with Crippen LogP contribution in [0.1, 0.15) is 12.6 Å². The van der Waals surface area contributed by atoms with Crippen LogP contribution in [0.5, 0.6) is 17.4 Å². The van der Waals surface area contributed by atoms with Crippen molar-refractivity contribution >= 4 is 0 Å². The average Bonchev–Trinajstić information content (AvgIpc) is 2.39. The quantitative estimate of drug-likeness (QED) is 0.810. The number of nitrogens with zero attached hydrogens (tertiary/aromatic N) is 2. The Morgan fingerprint density at radius 2 is 2.06 bits per heavy atom. The van der Waals surface area contributed by atoms with Crippen molar-refractivity contribution in [2.24, 2.45) is 0 Å². The Hall–Kier alpha value is -2.10. The summed E-state index contributed by atoms with van der Waals surface area (Å²) in [5.74, 6) is 1.79. The molecule has 0 radical (unpaired) electrons. The highest BCUT2D eigenvalue weighted by Gasteiger charge is 2.06. The first-order valence-electron chi connectivity index (χ1n) is 5.45. The molecule has 0 unspecified atom stereocenters. The molecule has 0 amide bonds. The Balaban J connectivity index is 2.24. The maximum absolute atomic E-state index is 5.67. The Labute approximate surface area is 100 Å². The SMILES string of the molecule is CCc1cc(Oc2ncccc2OC)ccn1. The summed E-state index contributed by atoms with van der Waals surface area (Å²) in [6.07, 6.45) is 4.26. The lowest BCUT2D eigenvalue weighted by atomic mass is 10.3. The molecule has 2 rings (SSSR count). The normalized spacial score (nSPS) is 10.0. The van der Waals surface area contributed by atoms with Crippen molar-refractivity contribution < 1.29 is 9.47 Å². The van der Waals surface area contributed by atoms with E-state index in [1.54, 1.807) is 31.6 Å². The van der Waals surface area contributed by atoms with E-state index in [4.69, 9.17) is 9.47 Å². The van der Waals surface area contributed by atoms with Crippen LogP contribution in [0.2, 0.25) is 0 Å². The van der Waals surface area contributed by atoms with Gasteiger partial charge in [0.1, 0.15) is 5.75 Å². The van der Waals surface area contributed by atoms with E-state index in [1.807, 2.05) is 19.1 Å². The molecule has 0 fully saturated rings. The fourth-order valence-corrected chi connectivity index (χ4v) is 1.43. The zero-order valence-corrected chi connectivity index (χ0v) is 9.88. The zero-order valence-electron chi connectivity index (χ0n) is 9.88. The summed E-state index contributed by atoms with van der Waals surface area (Å²) in [5.41, 5.74) is 0.984. The van der Waals surface area contributed by atoms with E-state index in [0.717, 1.165) is 12.1 Å². The fourth-order valence-electron chi connectivity index (χ4n) is 1.43. The second kappa shape index (κ2) is 5.30. The standard InChI is InChI=1S/C13H14N2O2/c1-3-10-9-11(6-8-14-10)17-13-12(16-2)5-4-7-15-13/h4-9H,3H2,1-2H3. The predicted molar refractivity (Wildman–Crippen MR) is 64.5 cm³/mol. The molecular formula is C13H14N2O2. The van der Waals surface area contributed by atoms with Crippen LogP contribution in [-0.2, 0) is 6.42 Å². The van der Waals surface area contributed by atoms with Crippen LogP contribution in [0.25, 0.3) is 0 Å². The molecule has 0 saturated heterocycles. The second-order valence-electron chi connectivity index (χ2n) is 3.45. The van der Waals surface area contributed by atoms with Gasteiger partial charge in [-0.3, -0.25) is 4.98 Å². The van der Waals surface area contributed by atoms with Crippen molar-refractivity contribution in [1.29, 1.82) is 0 Å². The number of aryl methyl sites for hydroxylation is 1. The van der Waals surface area contributed by atoms with Crippen LogP contribution in [0, 0.1) is 0 Å². The molecule has 0 aliphatic rings. The van der Waals surface area contributed by atoms with Crippen LogP contribution in [0.4, 0.5) is 0 Å². The van der Waals surface area contributed by atoms with Crippen molar-refractivity contribution in [3.8, 4) is 17.4 Å². The van der Waals surface area contributed by atoms with Crippen molar-refractivity contribution in [1.82, 2.24) is 9.97 Å². The summed E-state index contributed by atoms with van der Waals surface area (Å²) in [5, 5.41) is 0. The van der Waals surface area contributed by atoms with Gasteiger partial charge in [0.25, 0.3) is 5.88 Å². The van der Waals surface area contributed by atoms with Gasteiger partial charge in [0.05, 0.1) is 7.11 Å². The van der Waals surface area contributed by atoms with Gasteiger partial charge in [-0.15, -0.1) is 0 Å². The topological polar surface area (TPSA) is 44.2 Å². The largest absolute Gasteiger partial charge is 0.491 e. The Kier molecular flexibility index (Phi) is 3.55. The lowest BCUT2D eigenvalue weighted by Crippen LogP contribution is -1.94. The van der Waals surface area contributed by atoms with E-state index in [9.17, 15) is 0 Å². The van der Waals surface area contributed by atoms with Crippen molar-refractivity contribution in [2.75, 3.05) is 7.11 Å². The van der Waals surface area contributed by atoms with Crippen molar-refractivity contribution in [2.45, 2.75) is 13.3 Å². The number of methoxy groups -OCH3 is 1. The van der Waals surface area contributed by atoms with Gasteiger partial charge >= 0.3 is 0 Å². The van der Waals surface area contributed by atoms with Gasteiger partial charge in [-0.1, -0.05) is 6.92 Å². The third-order valence-electron chi connectivity index (χ3n) is 2.32. The van der Waals surface area contributed by atoms with Crippen molar-refractivity contribution in [3.05, 3.63) is 42.4 Å². The van der Waals surface area contributed by atoms with Crippen LogP contribution < -0.4 is 9.47 Å². The van der Waals surface area contributed by atoms with Gasteiger partial charge in [0.2, 0.25) is 0 Å². The molecule has 0 spiro atoms. The minimum atomic E-state index is 0.461. The van der Waals surface area contributed by atoms with Gasteiger partial charge in [0, 0.05) is 24.2 Å². The molecule has 0 aliphatic carbocycles. The molecule has 0 aromatic carbocycles. The van der Waals surface area contributed by atoms with E-state index >= 15 is 0 Å². The van der Waals surface area contributed by atoms with E-state index in [1.165, 1.54) is 0 Å². The minimum absolute atomic E-state index is 0.461. The first-order valence-corrected chi connectivity index (χ1v) is 5.45. The number of ether oxygens (including phenoxy) is 2. The summed E-state index contributed by atoms with van der Waals surface area (Å²) < 4.78 is 10.8. The lowest BCUT2D eigenvalue weighted by Gasteiger charge is -2.08. The molecule has 88 valence electrons. The number of hydrogen-bond acceptors (Lipinski definition) is 4. The van der Waals surface area contributed by atoms with Crippen LogP contribution in [0.15, 0.2) is 36.7 Å². The molecule has 2 heterocycles. The molecule has 0 saturated carbocycles. The Bertz CT molecular complexity index is 500. The molecule has 0 N–H and O–H groups in total. The number of pyridine rings is 2. The summed E-state index contributed by atoms with van der Waals surface area (Å²) >= 11 is 0. The summed E-state index contributed by atoms with van der Waals surface area (Å²) in [4.78, 5) is 8.34. The van der Waals surface area contributed by atoms with E-state index in [2.05, 4.69) is 9.97 Å². The number of aromatic nitrogens is 2. The summed E-state index contributed by atoms with van der Waals surface area (Å²) in [6, 6.07) is 7.31. The molecular weight excluding hydrogens is 216 g/mol. The number of hydrogen-bond donors (Lipinski definition) is 0. The number of rotatable bonds is 4. The smallest absolute Gasteiger partial charge is 0.262 e. The molecule has 2 aromatic rings. The molecule has 0 aliphatic heterocycles. The highest BCUT2D eigenvalue weighted by molar-refractivity contribution is 5.36. The van der Waals surface area contributed by atoms with Crippen LogP contribution in [-0.4, -0.2) is 17.1 Å². The van der Waals surface area contributed by atoms with Crippen LogP contribution >= 0.6 is 0 Å².